The van der Waals surface area contributed by atoms with Crippen molar-refractivity contribution in [3.05, 3.63) is 18.2 Å². The molecule has 112 valence electrons. The third kappa shape index (κ3) is 3.79. The molecule has 0 aliphatic carbocycles. The van der Waals surface area contributed by atoms with E-state index in [1.165, 1.54) is 5.69 Å². The van der Waals surface area contributed by atoms with Gasteiger partial charge in [0.15, 0.2) is 0 Å². The maximum absolute atomic E-state index is 5.96. The molecular weight excluding hydrogens is 252 g/mol. The highest BCUT2D eigenvalue weighted by atomic mass is 16.5. The Morgan fingerprint density at radius 1 is 1.25 bits per heavy atom. The molecule has 1 saturated heterocycles. The third-order valence-corrected chi connectivity index (χ3v) is 3.67. The quantitative estimate of drug-likeness (QED) is 0.812. The van der Waals surface area contributed by atoms with Crippen molar-refractivity contribution in [3.63, 3.8) is 0 Å². The van der Waals surface area contributed by atoms with Gasteiger partial charge in [0.2, 0.25) is 0 Å². The number of hydrogen-bond donors (Lipinski definition) is 1. The lowest BCUT2D eigenvalue weighted by Crippen LogP contribution is -2.37. The second-order valence-electron chi connectivity index (χ2n) is 5.21. The van der Waals surface area contributed by atoms with Gasteiger partial charge in [-0.05, 0) is 38.3 Å². The summed E-state index contributed by atoms with van der Waals surface area (Å²) >= 11 is 0. The van der Waals surface area contributed by atoms with Crippen molar-refractivity contribution < 1.29 is 9.47 Å². The summed E-state index contributed by atoms with van der Waals surface area (Å²) in [6.07, 6.45) is 3.58. The van der Waals surface area contributed by atoms with Gasteiger partial charge in [-0.15, -0.1) is 0 Å². The Kier molecular flexibility index (Phi) is 5.53. The summed E-state index contributed by atoms with van der Waals surface area (Å²) in [5.74, 6) is 0.802. The minimum absolute atomic E-state index is 0.417. The van der Waals surface area contributed by atoms with Gasteiger partial charge >= 0.3 is 0 Å². The fourth-order valence-electron chi connectivity index (χ4n) is 2.57. The lowest BCUT2D eigenvalue weighted by molar-refractivity contribution is 0.0459. The van der Waals surface area contributed by atoms with E-state index in [0.717, 1.165) is 44.7 Å². The van der Waals surface area contributed by atoms with Crippen molar-refractivity contribution in [3.8, 4) is 5.75 Å². The number of benzene rings is 1. The summed E-state index contributed by atoms with van der Waals surface area (Å²) in [5, 5.41) is 0. The molecule has 1 aromatic carbocycles. The average Bonchev–Trinajstić information content (AvgIpc) is 2.48. The first kappa shape index (κ1) is 15.0. The first-order valence-corrected chi connectivity index (χ1v) is 7.63. The van der Waals surface area contributed by atoms with Crippen LogP contribution in [0.25, 0.3) is 0 Å². The first-order valence-electron chi connectivity index (χ1n) is 7.63. The minimum atomic E-state index is 0.417. The predicted octanol–water partition coefficient (Wildman–Crippen LogP) is 3.06. The van der Waals surface area contributed by atoms with Crippen LogP contribution in [0.4, 0.5) is 11.4 Å². The lowest BCUT2D eigenvalue weighted by Gasteiger charge is -2.33. The zero-order valence-electron chi connectivity index (χ0n) is 12.6. The van der Waals surface area contributed by atoms with Gasteiger partial charge in [-0.2, -0.15) is 0 Å². The van der Waals surface area contributed by atoms with E-state index in [0.29, 0.717) is 18.4 Å². The topological polar surface area (TPSA) is 47.7 Å². The highest BCUT2D eigenvalue weighted by Gasteiger charge is 2.20. The SMILES string of the molecule is CCCOc1cc(N2CCC(OCC)CC2)ccc1N. The van der Waals surface area contributed by atoms with Crippen molar-refractivity contribution in [2.75, 3.05) is 36.9 Å². The van der Waals surface area contributed by atoms with Gasteiger partial charge in [0, 0.05) is 31.5 Å². The molecule has 4 heteroatoms. The van der Waals surface area contributed by atoms with Crippen LogP contribution in [0.3, 0.4) is 0 Å². The summed E-state index contributed by atoms with van der Waals surface area (Å²) in [6, 6.07) is 6.08. The number of anilines is 2. The van der Waals surface area contributed by atoms with Crippen LogP contribution in [-0.4, -0.2) is 32.4 Å². The van der Waals surface area contributed by atoms with Gasteiger partial charge in [0.1, 0.15) is 5.75 Å². The normalized spacial score (nSPS) is 16.4. The zero-order chi connectivity index (χ0) is 14.4. The second kappa shape index (κ2) is 7.39. The van der Waals surface area contributed by atoms with E-state index >= 15 is 0 Å². The average molecular weight is 278 g/mol. The molecule has 2 N–H and O–H groups in total. The molecular formula is C16H26N2O2. The summed E-state index contributed by atoms with van der Waals surface area (Å²) in [7, 11) is 0. The highest BCUT2D eigenvalue weighted by molar-refractivity contribution is 5.62. The van der Waals surface area contributed by atoms with E-state index in [-0.39, 0.29) is 0 Å². The highest BCUT2D eigenvalue weighted by Crippen LogP contribution is 2.29. The molecule has 1 aliphatic rings. The molecule has 2 rings (SSSR count). The Balaban J connectivity index is 1.99. The third-order valence-electron chi connectivity index (χ3n) is 3.67. The number of nitrogen functional groups attached to an aromatic ring is 1. The summed E-state index contributed by atoms with van der Waals surface area (Å²) in [6.45, 7) is 7.73. The van der Waals surface area contributed by atoms with Crippen LogP contribution in [0.15, 0.2) is 18.2 Å². The Hall–Kier alpha value is -1.42. The standard InChI is InChI=1S/C16H26N2O2/c1-3-11-20-16-12-13(5-6-15(16)17)18-9-7-14(8-10-18)19-4-2/h5-6,12,14H,3-4,7-11,17H2,1-2H3. The molecule has 0 atom stereocenters. The second-order valence-corrected chi connectivity index (χ2v) is 5.21. The van der Waals surface area contributed by atoms with Crippen molar-refractivity contribution >= 4 is 11.4 Å². The van der Waals surface area contributed by atoms with Crippen LogP contribution in [0.2, 0.25) is 0 Å². The summed E-state index contributed by atoms with van der Waals surface area (Å²) in [4.78, 5) is 2.38. The molecule has 1 fully saturated rings. The Bertz CT molecular complexity index is 415. The number of ether oxygens (including phenoxy) is 2. The molecule has 0 bridgehead atoms. The molecule has 0 spiro atoms. The van der Waals surface area contributed by atoms with Gasteiger partial charge in [0.05, 0.1) is 18.4 Å². The van der Waals surface area contributed by atoms with E-state index in [9.17, 15) is 0 Å². The molecule has 0 radical (unpaired) electrons. The maximum Gasteiger partial charge on any atom is 0.144 e. The Morgan fingerprint density at radius 2 is 2.00 bits per heavy atom. The Morgan fingerprint density at radius 3 is 2.65 bits per heavy atom. The minimum Gasteiger partial charge on any atom is -0.491 e. The number of nitrogens with two attached hydrogens (primary N) is 1. The fraction of sp³-hybridized carbons (Fsp3) is 0.625. The largest absolute Gasteiger partial charge is 0.491 e. The molecule has 0 amide bonds. The molecule has 0 aromatic heterocycles. The van der Waals surface area contributed by atoms with Crippen LogP contribution in [0.1, 0.15) is 33.1 Å². The summed E-state index contributed by atoms with van der Waals surface area (Å²) in [5.41, 5.74) is 7.87. The lowest BCUT2D eigenvalue weighted by atomic mass is 10.1. The zero-order valence-corrected chi connectivity index (χ0v) is 12.6. The van der Waals surface area contributed by atoms with Crippen LogP contribution < -0.4 is 15.4 Å². The van der Waals surface area contributed by atoms with Gasteiger partial charge in [-0.1, -0.05) is 6.92 Å². The van der Waals surface area contributed by atoms with Gasteiger partial charge in [-0.3, -0.25) is 0 Å². The number of rotatable bonds is 6. The van der Waals surface area contributed by atoms with Crippen molar-refractivity contribution in [2.45, 2.75) is 39.2 Å². The maximum atomic E-state index is 5.96. The summed E-state index contributed by atoms with van der Waals surface area (Å²) < 4.78 is 11.4. The Labute approximate surface area is 121 Å². The molecule has 1 aliphatic heterocycles. The van der Waals surface area contributed by atoms with Gasteiger partial charge in [0.25, 0.3) is 0 Å². The molecule has 0 unspecified atom stereocenters. The predicted molar refractivity (Wildman–Crippen MR) is 83.5 cm³/mol. The molecule has 0 saturated carbocycles. The number of nitrogens with zero attached hydrogens (tertiary/aromatic N) is 1. The van der Waals surface area contributed by atoms with Crippen LogP contribution >= 0.6 is 0 Å². The first-order chi connectivity index (χ1) is 9.74. The monoisotopic (exact) mass is 278 g/mol. The molecule has 1 heterocycles. The van der Waals surface area contributed by atoms with E-state index in [4.69, 9.17) is 15.2 Å². The van der Waals surface area contributed by atoms with E-state index in [1.807, 2.05) is 6.07 Å². The van der Waals surface area contributed by atoms with Gasteiger partial charge in [-0.25, -0.2) is 0 Å². The van der Waals surface area contributed by atoms with E-state index < -0.39 is 0 Å². The van der Waals surface area contributed by atoms with Crippen molar-refractivity contribution in [1.82, 2.24) is 0 Å². The molecule has 1 aromatic rings. The van der Waals surface area contributed by atoms with Crippen LogP contribution in [0, 0.1) is 0 Å². The number of hydrogen-bond acceptors (Lipinski definition) is 4. The van der Waals surface area contributed by atoms with Crippen LogP contribution in [-0.2, 0) is 4.74 Å². The smallest absolute Gasteiger partial charge is 0.144 e. The fourth-order valence-corrected chi connectivity index (χ4v) is 2.57. The van der Waals surface area contributed by atoms with Crippen molar-refractivity contribution in [1.29, 1.82) is 0 Å². The molecule has 20 heavy (non-hydrogen) atoms. The molecule has 4 nitrogen and oxygen atoms in total. The van der Waals surface area contributed by atoms with Crippen LogP contribution in [0.5, 0.6) is 5.75 Å². The van der Waals surface area contributed by atoms with Gasteiger partial charge < -0.3 is 20.1 Å². The number of piperidine rings is 1. The van der Waals surface area contributed by atoms with E-state index in [1.54, 1.807) is 0 Å². The van der Waals surface area contributed by atoms with E-state index in [2.05, 4.69) is 30.9 Å². The van der Waals surface area contributed by atoms with Crippen molar-refractivity contribution in [2.24, 2.45) is 0 Å².